The minimum absolute atomic E-state index is 0.599. The van der Waals surface area contributed by atoms with E-state index in [1.807, 2.05) is 60.7 Å². The Kier molecular flexibility index (Phi) is 6.79. The smallest absolute Gasteiger partial charge is 0.164 e. The lowest BCUT2D eigenvalue weighted by molar-refractivity contribution is 0.670. The molecule has 11 rings (SSSR count). The number of rotatable bonds is 5. The molecule has 5 nitrogen and oxygen atoms in total. The van der Waals surface area contributed by atoms with E-state index in [-0.39, 0.29) is 0 Å². The number of aromatic nitrogens is 4. The Labute approximate surface area is 310 Å². The predicted octanol–water partition coefficient (Wildman–Crippen LogP) is 12.7. The van der Waals surface area contributed by atoms with E-state index in [2.05, 4.69) is 126 Å². The largest absolute Gasteiger partial charge is 0.455 e. The van der Waals surface area contributed by atoms with Crippen molar-refractivity contribution >= 4 is 54.5 Å². The third-order valence-electron chi connectivity index (χ3n) is 10.4. The highest BCUT2D eigenvalue weighted by molar-refractivity contribution is 6.23. The van der Waals surface area contributed by atoms with Crippen LogP contribution in [0.1, 0.15) is 0 Å². The van der Waals surface area contributed by atoms with Gasteiger partial charge in [-0.05, 0) is 52.7 Å². The highest BCUT2D eigenvalue weighted by atomic mass is 16.3. The minimum Gasteiger partial charge on any atom is -0.455 e. The zero-order chi connectivity index (χ0) is 35.6. The fraction of sp³-hybridized carbons (Fsp3) is 0. The molecule has 0 atom stereocenters. The SMILES string of the molecule is c1ccc(-c2nc(-c3ccccc3)nc(-c3cc4oc5c(-c6ccc7c(c6)c6ccccc6n7-c6ccccc6)cccc5c4c4ccccc34)n2)cc1. The van der Waals surface area contributed by atoms with Crippen LogP contribution in [0.3, 0.4) is 0 Å². The average molecular weight is 691 g/mol. The predicted molar refractivity (Wildman–Crippen MR) is 221 cm³/mol. The molecule has 5 heteroatoms. The van der Waals surface area contributed by atoms with Gasteiger partial charge in [-0.15, -0.1) is 0 Å². The van der Waals surface area contributed by atoms with Crippen LogP contribution in [0.4, 0.5) is 0 Å². The summed E-state index contributed by atoms with van der Waals surface area (Å²) in [6, 6.07) is 63.2. The zero-order valence-electron chi connectivity index (χ0n) is 29.0. The normalized spacial score (nSPS) is 11.7. The summed E-state index contributed by atoms with van der Waals surface area (Å²) in [4.78, 5) is 15.1. The first-order valence-electron chi connectivity index (χ1n) is 18.1. The third-order valence-corrected chi connectivity index (χ3v) is 10.4. The molecule has 3 aromatic heterocycles. The number of para-hydroxylation sites is 3. The Morgan fingerprint density at radius 2 is 0.944 bits per heavy atom. The van der Waals surface area contributed by atoms with Gasteiger partial charge < -0.3 is 8.98 Å². The molecule has 0 fully saturated rings. The van der Waals surface area contributed by atoms with Gasteiger partial charge in [-0.3, -0.25) is 0 Å². The summed E-state index contributed by atoms with van der Waals surface area (Å²) in [7, 11) is 0. The lowest BCUT2D eigenvalue weighted by Crippen LogP contribution is -2.00. The fourth-order valence-corrected chi connectivity index (χ4v) is 8.00. The molecule has 54 heavy (non-hydrogen) atoms. The molecule has 252 valence electrons. The maximum atomic E-state index is 6.94. The average Bonchev–Trinajstić information content (AvgIpc) is 3.80. The van der Waals surface area contributed by atoms with Crippen molar-refractivity contribution in [2.24, 2.45) is 0 Å². The van der Waals surface area contributed by atoms with Crippen LogP contribution in [0.2, 0.25) is 0 Å². The summed E-state index contributed by atoms with van der Waals surface area (Å²) in [6.07, 6.45) is 0. The zero-order valence-corrected chi connectivity index (χ0v) is 29.0. The van der Waals surface area contributed by atoms with E-state index in [0.29, 0.717) is 17.5 Å². The van der Waals surface area contributed by atoms with Crippen molar-refractivity contribution in [2.45, 2.75) is 0 Å². The lowest BCUT2D eigenvalue weighted by Gasteiger charge is -2.11. The molecule has 0 saturated heterocycles. The number of benzene rings is 8. The van der Waals surface area contributed by atoms with Gasteiger partial charge >= 0.3 is 0 Å². The second kappa shape index (κ2) is 12.1. The van der Waals surface area contributed by atoms with Crippen LogP contribution in [0.15, 0.2) is 186 Å². The van der Waals surface area contributed by atoms with Crippen molar-refractivity contribution in [1.29, 1.82) is 0 Å². The van der Waals surface area contributed by atoms with Crippen molar-refractivity contribution in [1.82, 2.24) is 19.5 Å². The van der Waals surface area contributed by atoms with Gasteiger partial charge in [0, 0.05) is 49.5 Å². The van der Waals surface area contributed by atoms with Crippen LogP contribution < -0.4 is 0 Å². The molecule has 0 aliphatic heterocycles. The van der Waals surface area contributed by atoms with Crippen molar-refractivity contribution < 1.29 is 4.42 Å². The number of hydrogen-bond donors (Lipinski definition) is 0. The van der Waals surface area contributed by atoms with Crippen molar-refractivity contribution in [3.63, 3.8) is 0 Å². The molecular weight excluding hydrogens is 661 g/mol. The molecule has 8 aromatic carbocycles. The Balaban J connectivity index is 1.13. The number of fused-ring (bicyclic) bond motifs is 8. The second-order valence-electron chi connectivity index (χ2n) is 13.6. The second-order valence-corrected chi connectivity index (χ2v) is 13.6. The van der Waals surface area contributed by atoms with Gasteiger partial charge in [0.25, 0.3) is 0 Å². The van der Waals surface area contributed by atoms with Crippen LogP contribution in [0.5, 0.6) is 0 Å². The topological polar surface area (TPSA) is 56.7 Å². The molecule has 0 unspecified atom stereocenters. The summed E-state index contributed by atoms with van der Waals surface area (Å²) in [5.41, 5.74) is 10.0. The summed E-state index contributed by atoms with van der Waals surface area (Å²) in [6.45, 7) is 0. The van der Waals surface area contributed by atoms with Gasteiger partial charge in [0.15, 0.2) is 17.5 Å². The molecule has 0 N–H and O–H groups in total. The van der Waals surface area contributed by atoms with Gasteiger partial charge in [0.05, 0.1) is 11.0 Å². The molecule has 0 spiro atoms. The van der Waals surface area contributed by atoms with E-state index in [1.165, 1.54) is 21.8 Å². The molecule has 11 aromatic rings. The Bertz CT molecular complexity index is 3140. The van der Waals surface area contributed by atoms with Crippen LogP contribution >= 0.6 is 0 Å². The van der Waals surface area contributed by atoms with E-state index in [1.54, 1.807) is 0 Å². The van der Waals surface area contributed by atoms with Gasteiger partial charge in [-0.1, -0.05) is 146 Å². The monoisotopic (exact) mass is 690 g/mol. The third kappa shape index (κ3) is 4.76. The summed E-state index contributed by atoms with van der Waals surface area (Å²) < 4.78 is 9.28. The first-order valence-corrected chi connectivity index (χ1v) is 18.1. The van der Waals surface area contributed by atoms with E-state index in [9.17, 15) is 0 Å². The van der Waals surface area contributed by atoms with Gasteiger partial charge in [0.1, 0.15) is 11.2 Å². The molecule has 0 bridgehead atoms. The first kappa shape index (κ1) is 30.3. The quantitative estimate of drug-likeness (QED) is 0.180. The highest BCUT2D eigenvalue weighted by Gasteiger charge is 2.21. The summed E-state index contributed by atoms with van der Waals surface area (Å²) in [5.74, 6) is 1.85. The van der Waals surface area contributed by atoms with Crippen LogP contribution in [0.25, 0.3) is 105 Å². The maximum absolute atomic E-state index is 6.94. The summed E-state index contributed by atoms with van der Waals surface area (Å²) in [5, 5.41) is 6.71. The fourth-order valence-electron chi connectivity index (χ4n) is 8.00. The molecule has 0 radical (unpaired) electrons. The van der Waals surface area contributed by atoms with Gasteiger partial charge in [-0.2, -0.15) is 0 Å². The standard InChI is InChI=1S/C49H30N4O/c1-4-15-31(16-5-1)47-50-48(32-17-6-2-7-18-32)52-49(51-47)41-30-44-45(38-23-11-10-21-36(38)41)39-25-14-24-35(46(39)54-44)33-27-28-43-40(29-33)37-22-12-13-26-42(37)53(43)34-19-8-3-9-20-34/h1-30H. The number of furan rings is 1. The lowest BCUT2D eigenvalue weighted by atomic mass is 9.96. The first-order chi connectivity index (χ1) is 26.8. The van der Waals surface area contributed by atoms with Crippen molar-refractivity contribution in [2.75, 3.05) is 0 Å². The van der Waals surface area contributed by atoms with Gasteiger partial charge in [-0.25, -0.2) is 15.0 Å². The van der Waals surface area contributed by atoms with E-state index < -0.39 is 0 Å². The Morgan fingerprint density at radius 3 is 1.67 bits per heavy atom. The van der Waals surface area contributed by atoms with Crippen LogP contribution in [0, 0.1) is 0 Å². The molecule has 0 aliphatic carbocycles. The maximum Gasteiger partial charge on any atom is 0.164 e. The number of hydrogen-bond acceptors (Lipinski definition) is 4. The van der Waals surface area contributed by atoms with Crippen LogP contribution in [-0.4, -0.2) is 19.5 Å². The number of nitrogens with zero attached hydrogens (tertiary/aromatic N) is 4. The van der Waals surface area contributed by atoms with E-state index in [4.69, 9.17) is 19.4 Å². The van der Waals surface area contributed by atoms with Crippen molar-refractivity contribution in [3.05, 3.63) is 182 Å². The van der Waals surface area contributed by atoms with E-state index >= 15 is 0 Å². The Hall–Kier alpha value is -7.37. The molecule has 3 heterocycles. The molecule has 0 saturated carbocycles. The van der Waals surface area contributed by atoms with Crippen molar-refractivity contribution in [3.8, 4) is 51.0 Å². The summed E-state index contributed by atoms with van der Waals surface area (Å²) >= 11 is 0. The molecular formula is C49H30N4O. The highest BCUT2D eigenvalue weighted by Crippen LogP contribution is 2.43. The minimum atomic E-state index is 0.599. The van der Waals surface area contributed by atoms with Gasteiger partial charge in [0.2, 0.25) is 0 Å². The van der Waals surface area contributed by atoms with E-state index in [0.717, 1.165) is 66.2 Å². The van der Waals surface area contributed by atoms with Crippen LogP contribution in [-0.2, 0) is 0 Å². The molecule has 0 amide bonds. The molecule has 0 aliphatic rings. The Morgan fingerprint density at radius 1 is 0.370 bits per heavy atom.